The number of amides is 1. The van der Waals surface area contributed by atoms with Gasteiger partial charge in [0.25, 0.3) is 0 Å². The van der Waals surface area contributed by atoms with E-state index in [1.54, 1.807) is 12.1 Å². The van der Waals surface area contributed by atoms with Crippen LogP contribution in [0.2, 0.25) is 0 Å². The molecule has 0 radical (unpaired) electrons. The van der Waals surface area contributed by atoms with Crippen molar-refractivity contribution in [3.05, 3.63) is 65.5 Å². The molecule has 0 unspecified atom stereocenters. The van der Waals surface area contributed by atoms with Crippen LogP contribution in [0.4, 0.5) is 0 Å². The van der Waals surface area contributed by atoms with E-state index in [-0.39, 0.29) is 24.0 Å². The second kappa shape index (κ2) is 12.1. The fourth-order valence-electron chi connectivity index (χ4n) is 4.81. The maximum atomic E-state index is 12.8. The van der Waals surface area contributed by atoms with Crippen molar-refractivity contribution in [2.45, 2.75) is 37.9 Å². The number of carbonyl (C=O) groups is 2. The van der Waals surface area contributed by atoms with Crippen molar-refractivity contribution in [1.29, 1.82) is 0 Å². The maximum absolute atomic E-state index is 12.8. The van der Waals surface area contributed by atoms with Gasteiger partial charge in [0.1, 0.15) is 0 Å². The molecule has 1 aromatic heterocycles. The van der Waals surface area contributed by atoms with Crippen LogP contribution in [0, 0.1) is 0 Å². The number of likely N-dealkylation sites (tertiary alicyclic amines) is 1. The average Bonchev–Trinajstić information content (AvgIpc) is 3.24. The van der Waals surface area contributed by atoms with Crippen LogP contribution < -0.4 is 5.32 Å². The fourth-order valence-corrected chi connectivity index (χ4v) is 4.81. The molecule has 8 heteroatoms. The van der Waals surface area contributed by atoms with E-state index >= 15 is 0 Å². The molecule has 2 aromatic rings. The van der Waals surface area contributed by atoms with Crippen LogP contribution in [0.15, 0.2) is 48.8 Å². The number of nitrogens with zero attached hydrogens (tertiary/aromatic N) is 3. The van der Waals surface area contributed by atoms with Crippen molar-refractivity contribution in [3.8, 4) is 0 Å². The average molecular weight is 467 g/mol. The highest BCUT2D eigenvalue weighted by Gasteiger charge is 2.34. The van der Waals surface area contributed by atoms with Crippen LogP contribution >= 0.6 is 0 Å². The van der Waals surface area contributed by atoms with E-state index in [0.717, 1.165) is 57.8 Å². The summed E-state index contributed by atoms with van der Waals surface area (Å²) in [6, 6.07) is 11.9. The molecule has 3 heterocycles. The summed E-state index contributed by atoms with van der Waals surface area (Å²) in [6.45, 7) is 5.43. The molecule has 0 bridgehead atoms. The summed E-state index contributed by atoms with van der Waals surface area (Å²) in [4.78, 5) is 33.1. The first-order chi connectivity index (χ1) is 16.7. The SMILES string of the molecule is COC(=O)c1ccc(CNCC[C@H]2CCC(=O)N2C[C@@H](c2ccncc2)N2CCOCC2)cc1. The third-order valence-corrected chi connectivity index (χ3v) is 6.76. The van der Waals surface area contributed by atoms with Gasteiger partial charge in [0.2, 0.25) is 5.91 Å². The van der Waals surface area contributed by atoms with Crippen molar-refractivity contribution in [2.75, 3.05) is 46.5 Å². The third kappa shape index (κ3) is 6.20. The summed E-state index contributed by atoms with van der Waals surface area (Å²) in [7, 11) is 1.38. The summed E-state index contributed by atoms with van der Waals surface area (Å²) in [5.74, 6) is -0.0802. The van der Waals surface area contributed by atoms with Gasteiger partial charge in [0, 0.05) is 51.0 Å². The molecule has 2 atom stereocenters. The van der Waals surface area contributed by atoms with Gasteiger partial charge in [-0.2, -0.15) is 0 Å². The lowest BCUT2D eigenvalue weighted by Gasteiger charge is -2.38. The first-order valence-corrected chi connectivity index (χ1v) is 12.0. The molecule has 2 saturated heterocycles. The summed E-state index contributed by atoms with van der Waals surface area (Å²) in [5, 5.41) is 3.49. The zero-order chi connectivity index (χ0) is 23.8. The molecule has 182 valence electrons. The standard InChI is InChI=1S/C26H34N4O4/c1-33-26(32)22-4-2-20(3-5-22)18-28-13-10-23-6-7-25(31)30(23)19-24(21-8-11-27-12-9-21)29-14-16-34-17-15-29/h2-5,8-9,11-12,23-24,28H,6-7,10,13-19H2,1H3/t23-,24+/m1/s1. The number of carbonyl (C=O) groups excluding carboxylic acids is 2. The van der Waals surface area contributed by atoms with Gasteiger partial charge in [-0.15, -0.1) is 0 Å². The van der Waals surface area contributed by atoms with Crippen molar-refractivity contribution in [3.63, 3.8) is 0 Å². The molecular weight excluding hydrogens is 432 g/mol. The lowest BCUT2D eigenvalue weighted by atomic mass is 10.0. The second-order valence-corrected chi connectivity index (χ2v) is 8.84. The number of hydrogen-bond acceptors (Lipinski definition) is 7. The molecule has 1 aromatic carbocycles. The smallest absolute Gasteiger partial charge is 0.337 e. The number of aromatic nitrogens is 1. The van der Waals surface area contributed by atoms with Gasteiger partial charge < -0.3 is 19.7 Å². The fraction of sp³-hybridized carbons (Fsp3) is 0.500. The van der Waals surface area contributed by atoms with Gasteiger partial charge in [-0.25, -0.2) is 4.79 Å². The number of nitrogens with one attached hydrogen (secondary N) is 1. The van der Waals surface area contributed by atoms with Crippen molar-refractivity contribution >= 4 is 11.9 Å². The molecule has 4 rings (SSSR count). The van der Waals surface area contributed by atoms with Crippen LogP contribution in [0.25, 0.3) is 0 Å². The zero-order valence-electron chi connectivity index (χ0n) is 19.8. The molecular formula is C26H34N4O4. The number of rotatable bonds is 10. The van der Waals surface area contributed by atoms with E-state index in [1.807, 2.05) is 24.5 Å². The summed E-state index contributed by atoms with van der Waals surface area (Å²) < 4.78 is 10.3. The number of methoxy groups -OCH3 is 1. The molecule has 0 aliphatic carbocycles. The Balaban J connectivity index is 1.32. The Morgan fingerprint density at radius 2 is 1.91 bits per heavy atom. The Bertz CT molecular complexity index is 932. The highest BCUT2D eigenvalue weighted by Crippen LogP contribution is 2.28. The van der Waals surface area contributed by atoms with E-state index in [4.69, 9.17) is 9.47 Å². The van der Waals surface area contributed by atoms with E-state index in [1.165, 1.54) is 12.7 Å². The Morgan fingerprint density at radius 3 is 2.62 bits per heavy atom. The van der Waals surface area contributed by atoms with Crippen LogP contribution in [-0.2, 0) is 20.8 Å². The summed E-state index contributed by atoms with van der Waals surface area (Å²) >= 11 is 0. The van der Waals surface area contributed by atoms with E-state index < -0.39 is 0 Å². The first-order valence-electron chi connectivity index (χ1n) is 12.0. The summed E-state index contributed by atoms with van der Waals surface area (Å²) in [6.07, 6.45) is 6.09. The normalized spacial score (nSPS) is 19.9. The largest absolute Gasteiger partial charge is 0.465 e. The van der Waals surface area contributed by atoms with E-state index in [9.17, 15) is 9.59 Å². The number of esters is 1. The van der Waals surface area contributed by atoms with Gasteiger partial charge in [0.15, 0.2) is 0 Å². The number of benzene rings is 1. The summed E-state index contributed by atoms with van der Waals surface area (Å²) in [5.41, 5.74) is 2.86. The second-order valence-electron chi connectivity index (χ2n) is 8.84. The monoisotopic (exact) mass is 466 g/mol. The van der Waals surface area contributed by atoms with Gasteiger partial charge >= 0.3 is 5.97 Å². The first kappa shape index (κ1) is 24.3. The number of pyridine rings is 1. The predicted octanol–water partition coefficient (Wildman–Crippen LogP) is 2.41. The molecule has 34 heavy (non-hydrogen) atoms. The Hall–Kier alpha value is -2.81. The van der Waals surface area contributed by atoms with Crippen LogP contribution in [0.3, 0.4) is 0 Å². The minimum Gasteiger partial charge on any atom is -0.465 e. The van der Waals surface area contributed by atoms with Crippen LogP contribution in [0.5, 0.6) is 0 Å². The molecule has 0 spiro atoms. The van der Waals surface area contributed by atoms with Gasteiger partial charge in [-0.05, 0) is 54.8 Å². The molecule has 1 amide bonds. The minimum atomic E-state index is -0.326. The Kier molecular flexibility index (Phi) is 8.62. The molecule has 0 saturated carbocycles. The quantitative estimate of drug-likeness (QED) is 0.425. The molecule has 8 nitrogen and oxygen atoms in total. The van der Waals surface area contributed by atoms with Crippen LogP contribution in [-0.4, -0.2) is 79.2 Å². The molecule has 2 aliphatic rings. The molecule has 1 N–H and O–H groups in total. The van der Waals surface area contributed by atoms with Gasteiger partial charge in [0.05, 0.1) is 31.9 Å². The van der Waals surface area contributed by atoms with Crippen molar-refractivity contribution in [2.24, 2.45) is 0 Å². The van der Waals surface area contributed by atoms with Crippen molar-refractivity contribution < 1.29 is 19.1 Å². The third-order valence-electron chi connectivity index (χ3n) is 6.76. The minimum absolute atomic E-state index is 0.151. The number of ether oxygens (including phenoxy) is 2. The highest BCUT2D eigenvalue weighted by atomic mass is 16.5. The Labute approximate surface area is 201 Å². The number of morpholine rings is 1. The lowest BCUT2D eigenvalue weighted by molar-refractivity contribution is -0.130. The van der Waals surface area contributed by atoms with Gasteiger partial charge in [-0.3, -0.25) is 14.7 Å². The maximum Gasteiger partial charge on any atom is 0.337 e. The van der Waals surface area contributed by atoms with E-state index in [2.05, 4.69) is 32.2 Å². The van der Waals surface area contributed by atoms with Crippen LogP contribution in [0.1, 0.15) is 46.8 Å². The predicted molar refractivity (Wildman–Crippen MR) is 128 cm³/mol. The highest BCUT2D eigenvalue weighted by molar-refractivity contribution is 5.89. The topological polar surface area (TPSA) is 84.0 Å². The lowest BCUT2D eigenvalue weighted by Crippen LogP contribution is -2.46. The van der Waals surface area contributed by atoms with Gasteiger partial charge in [-0.1, -0.05) is 12.1 Å². The van der Waals surface area contributed by atoms with Crippen molar-refractivity contribution in [1.82, 2.24) is 20.1 Å². The van der Waals surface area contributed by atoms with E-state index in [0.29, 0.717) is 18.5 Å². The number of hydrogen-bond donors (Lipinski definition) is 1. The Morgan fingerprint density at radius 1 is 1.18 bits per heavy atom. The molecule has 2 fully saturated rings. The molecule has 2 aliphatic heterocycles. The zero-order valence-corrected chi connectivity index (χ0v) is 19.8.